The summed E-state index contributed by atoms with van der Waals surface area (Å²) >= 11 is 0. The Bertz CT molecular complexity index is 285. The van der Waals surface area contributed by atoms with E-state index in [2.05, 4.69) is 42.2 Å². The van der Waals surface area contributed by atoms with E-state index >= 15 is 0 Å². The Kier molecular flexibility index (Phi) is 6.82. The van der Waals surface area contributed by atoms with E-state index in [0.717, 1.165) is 26.1 Å². The fraction of sp³-hybridized carbons (Fsp3) is 0.643. The molecule has 1 heterocycles. The van der Waals surface area contributed by atoms with Crippen molar-refractivity contribution in [3.05, 3.63) is 30.1 Å². The highest BCUT2D eigenvalue weighted by Gasteiger charge is 2.01. The van der Waals surface area contributed by atoms with Gasteiger partial charge in [-0.25, -0.2) is 0 Å². The van der Waals surface area contributed by atoms with Crippen LogP contribution in [0, 0.1) is 0 Å². The number of nitrogens with zero attached hydrogens (tertiary/aromatic N) is 2. The van der Waals surface area contributed by atoms with Gasteiger partial charge < -0.3 is 10.2 Å². The molecule has 3 heteroatoms. The topological polar surface area (TPSA) is 28.2 Å². The molecule has 96 valence electrons. The van der Waals surface area contributed by atoms with E-state index in [1.807, 2.05) is 18.5 Å². The number of hydrogen-bond donors (Lipinski definition) is 1. The van der Waals surface area contributed by atoms with Gasteiger partial charge in [0.05, 0.1) is 0 Å². The fourth-order valence-corrected chi connectivity index (χ4v) is 1.62. The van der Waals surface area contributed by atoms with Crippen LogP contribution in [-0.2, 0) is 6.42 Å². The van der Waals surface area contributed by atoms with E-state index in [9.17, 15) is 0 Å². The van der Waals surface area contributed by atoms with Crippen molar-refractivity contribution in [3.8, 4) is 0 Å². The van der Waals surface area contributed by atoms with E-state index in [-0.39, 0.29) is 0 Å². The molecule has 0 aromatic carbocycles. The zero-order valence-corrected chi connectivity index (χ0v) is 11.3. The van der Waals surface area contributed by atoms with Gasteiger partial charge in [0.2, 0.25) is 0 Å². The zero-order chi connectivity index (χ0) is 12.5. The monoisotopic (exact) mass is 235 g/mol. The molecule has 1 N–H and O–H groups in total. The second-order valence-corrected chi connectivity index (χ2v) is 4.79. The molecule has 1 aromatic rings. The van der Waals surface area contributed by atoms with Gasteiger partial charge in [-0.3, -0.25) is 4.98 Å². The van der Waals surface area contributed by atoms with Crippen molar-refractivity contribution in [3.63, 3.8) is 0 Å². The zero-order valence-electron chi connectivity index (χ0n) is 11.3. The van der Waals surface area contributed by atoms with Crippen molar-refractivity contribution >= 4 is 0 Å². The third-order valence-corrected chi connectivity index (χ3v) is 3.06. The normalized spacial score (nSPS) is 11.4. The second kappa shape index (κ2) is 8.20. The van der Waals surface area contributed by atoms with Crippen LogP contribution in [0.2, 0.25) is 0 Å². The van der Waals surface area contributed by atoms with E-state index < -0.39 is 0 Å². The molecule has 0 saturated heterocycles. The van der Waals surface area contributed by atoms with Crippen LogP contribution in [0.15, 0.2) is 24.5 Å². The number of pyridine rings is 1. The molecule has 0 radical (unpaired) electrons. The van der Waals surface area contributed by atoms with Gasteiger partial charge in [-0.2, -0.15) is 0 Å². The molecule has 0 saturated carbocycles. The second-order valence-electron chi connectivity index (χ2n) is 4.79. The first-order valence-electron chi connectivity index (χ1n) is 6.50. The lowest BCUT2D eigenvalue weighted by Crippen LogP contribution is -2.30. The highest BCUT2D eigenvalue weighted by molar-refractivity contribution is 5.08. The largest absolute Gasteiger partial charge is 0.316 e. The number of rotatable bonds is 8. The highest BCUT2D eigenvalue weighted by Crippen LogP contribution is 1.96. The maximum Gasteiger partial charge on any atom is 0.0300 e. The molecule has 0 aliphatic heterocycles. The Labute approximate surface area is 105 Å². The van der Waals surface area contributed by atoms with Crippen molar-refractivity contribution < 1.29 is 0 Å². The molecule has 0 unspecified atom stereocenters. The van der Waals surface area contributed by atoms with Crippen LogP contribution in [-0.4, -0.2) is 42.6 Å². The molecule has 0 bridgehead atoms. The number of aromatic nitrogens is 1. The Balaban J connectivity index is 1.98. The molecule has 0 spiro atoms. The van der Waals surface area contributed by atoms with E-state index in [4.69, 9.17) is 0 Å². The molecule has 0 aliphatic rings. The van der Waals surface area contributed by atoms with E-state index in [0.29, 0.717) is 6.04 Å². The van der Waals surface area contributed by atoms with Gasteiger partial charge in [-0.1, -0.05) is 6.07 Å². The predicted octanol–water partition coefficient (Wildman–Crippen LogP) is 1.94. The van der Waals surface area contributed by atoms with Gasteiger partial charge in [-0.15, -0.1) is 0 Å². The molecule has 0 atom stereocenters. The maximum atomic E-state index is 4.11. The fourth-order valence-electron chi connectivity index (χ4n) is 1.62. The summed E-state index contributed by atoms with van der Waals surface area (Å²) in [7, 11) is 2.18. The molecule has 1 aromatic heterocycles. The van der Waals surface area contributed by atoms with Gasteiger partial charge in [0, 0.05) is 18.4 Å². The molecular weight excluding hydrogens is 210 g/mol. The third-order valence-electron chi connectivity index (χ3n) is 3.06. The van der Waals surface area contributed by atoms with Gasteiger partial charge in [0.15, 0.2) is 0 Å². The SMILES string of the molecule is CC(C)N(C)CCCNCCc1cccnc1. The minimum atomic E-state index is 0.644. The lowest BCUT2D eigenvalue weighted by molar-refractivity contribution is 0.269. The molecule has 17 heavy (non-hydrogen) atoms. The first-order chi connectivity index (χ1) is 8.20. The lowest BCUT2D eigenvalue weighted by Gasteiger charge is -2.20. The summed E-state index contributed by atoms with van der Waals surface area (Å²) in [6, 6.07) is 4.76. The smallest absolute Gasteiger partial charge is 0.0300 e. The summed E-state index contributed by atoms with van der Waals surface area (Å²) in [5.41, 5.74) is 1.30. The Morgan fingerprint density at radius 3 is 2.82 bits per heavy atom. The summed E-state index contributed by atoms with van der Waals surface area (Å²) in [5.74, 6) is 0. The Hall–Kier alpha value is -0.930. The van der Waals surface area contributed by atoms with Crippen LogP contribution < -0.4 is 5.32 Å². The molecule has 0 amide bonds. The first-order valence-corrected chi connectivity index (χ1v) is 6.50. The summed E-state index contributed by atoms with van der Waals surface area (Å²) in [5, 5.41) is 3.47. The van der Waals surface area contributed by atoms with Crippen LogP contribution in [0.4, 0.5) is 0 Å². The Morgan fingerprint density at radius 2 is 2.18 bits per heavy atom. The average molecular weight is 235 g/mol. The van der Waals surface area contributed by atoms with Crippen molar-refractivity contribution in [2.75, 3.05) is 26.7 Å². The molecular formula is C14H25N3. The van der Waals surface area contributed by atoms with Crippen LogP contribution in [0.25, 0.3) is 0 Å². The van der Waals surface area contributed by atoms with Crippen molar-refractivity contribution in [1.29, 1.82) is 0 Å². The maximum absolute atomic E-state index is 4.11. The molecule has 0 aliphatic carbocycles. The Morgan fingerprint density at radius 1 is 1.35 bits per heavy atom. The molecule has 3 nitrogen and oxygen atoms in total. The summed E-state index contributed by atoms with van der Waals surface area (Å²) in [4.78, 5) is 6.49. The van der Waals surface area contributed by atoms with Gasteiger partial charge in [0.25, 0.3) is 0 Å². The van der Waals surface area contributed by atoms with Crippen LogP contribution in [0.3, 0.4) is 0 Å². The van der Waals surface area contributed by atoms with E-state index in [1.165, 1.54) is 12.0 Å². The summed E-state index contributed by atoms with van der Waals surface area (Å²) in [6.07, 6.45) is 6.03. The molecule has 1 rings (SSSR count). The number of nitrogens with one attached hydrogen (secondary N) is 1. The highest BCUT2D eigenvalue weighted by atomic mass is 15.1. The average Bonchev–Trinajstić information content (AvgIpc) is 2.34. The van der Waals surface area contributed by atoms with Crippen LogP contribution in [0.5, 0.6) is 0 Å². The first kappa shape index (κ1) is 14.1. The minimum Gasteiger partial charge on any atom is -0.316 e. The van der Waals surface area contributed by atoms with Gasteiger partial charge in [0.1, 0.15) is 0 Å². The van der Waals surface area contributed by atoms with Crippen molar-refractivity contribution in [2.45, 2.75) is 32.7 Å². The summed E-state index contributed by atoms with van der Waals surface area (Å²) < 4.78 is 0. The van der Waals surface area contributed by atoms with Gasteiger partial charge >= 0.3 is 0 Å². The summed E-state index contributed by atoms with van der Waals surface area (Å²) in [6.45, 7) is 7.76. The lowest BCUT2D eigenvalue weighted by atomic mass is 10.2. The van der Waals surface area contributed by atoms with Crippen molar-refractivity contribution in [1.82, 2.24) is 15.2 Å². The standard InChI is InChI=1S/C14H25N3/c1-13(2)17(3)11-5-9-15-10-7-14-6-4-8-16-12-14/h4,6,8,12-13,15H,5,7,9-11H2,1-3H3. The van der Waals surface area contributed by atoms with Crippen LogP contribution >= 0.6 is 0 Å². The molecule has 0 fully saturated rings. The quantitative estimate of drug-likeness (QED) is 0.698. The number of hydrogen-bond acceptors (Lipinski definition) is 3. The minimum absolute atomic E-state index is 0.644. The van der Waals surface area contributed by atoms with Crippen molar-refractivity contribution in [2.24, 2.45) is 0 Å². The third kappa shape index (κ3) is 6.39. The predicted molar refractivity (Wildman–Crippen MR) is 73.2 cm³/mol. The van der Waals surface area contributed by atoms with Crippen LogP contribution in [0.1, 0.15) is 25.8 Å². The van der Waals surface area contributed by atoms with Gasteiger partial charge in [-0.05, 0) is 65.0 Å². The van der Waals surface area contributed by atoms with E-state index in [1.54, 1.807) is 0 Å².